The number of carboxylic acids is 1. The van der Waals surface area contributed by atoms with Crippen LogP contribution in [0.2, 0.25) is 0 Å². The van der Waals surface area contributed by atoms with Crippen LogP contribution in [0.15, 0.2) is 75.8 Å². The summed E-state index contributed by atoms with van der Waals surface area (Å²) >= 11 is 0. The molecule has 0 spiro atoms. The predicted molar refractivity (Wildman–Crippen MR) is 117 cm³/mol. The Balaban J connectivity index is 1.61. The quantitative estimate of drug-likeness (QED) is 0.479. The standard InChI is InChI=1S/C24H18N2O6/c1-14-20(22(27)26(25-14)18-8-4-7-17(12-18)24(30)31-2)13-19-9-10-21(32-19)15-5-3-6-16(11-15)23(28)29/h3-13H,1-2H3,(H,28,29)/b20-13-. The molecule has 1 N–H and O–H groups in total. The van der Waals surface area contributed by atoms with Crippen molar-refractivity contribution in [3.63, 3.8) is 0 Å². The van der Waals surface area contributed by atoms with Crippen molar-refractivity contribution in [2.24, 2.45) is 5.10 Å². The van der Waals surface area contributed by atoms with Crippen LogP contribution in [0.3, 0.4) is 0 Å². The van der Waals surface area contributed by atoms with Gasteiger partial charge in [0.1, 0.15) is 11.5 Å². The lowest BCUT2D eigenvalue weighted by Gasteiger charge is -2.12. The second-order valence-electron chi connectivity index (χ2n) is 6.99. The molecule has 2 heterocycles. The molecule has 8 nitrogen and oxygen atoms in total. The average Bonchev–Trinajstić information content (AvgIpc) is 3.39. The van der Waals surface area contributed by atoms with E-state index in [1.54, 1.807) is 55.5 Å². The fraction of sp³-hybridized carbons (Fsp3) is 0.0833. The average molecular weight is 430 g/mol. The molecule has 3 aromatic rings. The first-order valence-corrected chi connectivity index (χ1v) is 9.61. The third-order valence-electron chi connectivity index (χ3n) is 4.88. The Morgan fingerprint density at radius 1 is 1.06 bits per heavy atom. The highest BCUT2D eigenvalue weighted by Gasteiger charge is 2.29. The van der Waals surface area contributed by atoms with Gasteiger partial charge in [0.2, 0.25) is 0 Å². The first-order valence-electron chi connectivity index (χ1n) is 9.61. The molecule has 1 aromatic heterocycles. The van der Waals surface area contributed by atoms with Crippen LogP contribution in [0.4, 0.5) is 5.69 Å². The monoisotopic (exact) mass is 430 g/mol. The minimum absolute atomic E-state index is 0.151. The fourth-order valence-corrected chi connectivity index (χ4v) is 3.28. The summed E-state index contributed by atoms with van der Waals surface area (Å²) in [5.74, 6) is -1.01. The van der Waals surface area contributed by atoms with E-state index in [0.29, 0.717) is 39.6 Å². The van der Waals surface area contributed by atoms with Gasteiger partial charge in [0, 0.05) is 5.56 Å². The van der Waals surface area contributed by atoms with Crippen LogP contribution in [0, 0.1) is 0 Å². The van der Waals surface area contributed by atoms with E-state index in [9.17, 15) is 14.4 Å². The lowest BCUT2D eigenvalue weighted by Crippen LogP contribution is -2.21. The maximum Gasteiger partial charge on any atom is 0.337 e. The Labute approximate surface area is 183 Å². The van der Waals surface area contributed by atoms with Crippen molar-refractivity contribution >= 4 is 35.3 Å². The Hall–Kier alpha value is -4.46. The normalized spacial score (nSPS) is 14.6. The molecule has 0 unspecified atom stereocenters. The Bertz CT molecular complexity index is 1300. The van der Waals surface area contributed by atoms with Crippen molar-refractivity contribution < 1.29 is 28.6 Å². The van der Waals surface area contributed by atoms with Gasteiger partial charge in [-0.1, -0.05) is 18.2 Å². The second-order valence-corrected chi connectivity index (χ2v) is 6.99. The van der Waals surface area contributed by atoms with Crippen LogP contribution in [0.1, 0.15) is 33.4 Å². The van der Waals surface area contributed by atoms with Crippen molar-refractivity contribution in [1.82, 2.24) is 0 Å². The molecule has 0 saturated carbocycles. The SMILES string of the molecule is COC(=O)c1cccc(N2N=C(C)/C(=C/c3ccc(-c4cccc(C(=O)O)c4)o3)C2=O)c1. The highest BCUT2D eigenvalue weighted by molar-refractivity contribution is 6.32. The number of hydrogen-bond donors (Lipinski definition) is 1. The maximum absolute atomic E-state index is 13.0. The number of furan rings is 1. The van der Waals surface area contributed by atoms with E-state index in [-0.39, 0.29) is 11.5 Å². The number of esters is 1. The van der Waals surface area contributed by atoms with Crippen LogP contribution in [-0.2, 0) is 9.53 Å². The summed E-state index contributed by atoms with van der Waals surface area (Å²) in [4.78, 5) is 36.0. The van der Waals surface area contributed by atoms with Gasteiger partial charge in [-0.05, 0) is 55.5 Å². The summed E-state index contributed by atoms with van der Waals surface area (Å²) in [6.07, 6.45) is 1.58. The molecule has 0 aliphatic carbocycles. The third kappa shape index (κ3) is 3.93. The number of aromatic carboxylic acids is 1. The van der Waals surface area contributed by atoms with Gasteiger partial charge in [0.25, 0.3) is 5.91 Å². The molecule has 4 rings (SSSR count). The Kier molecular flexibility index (Phi) is 5.43. The molecule has 1 aliphatic heterocycles. The van der Waals surface area contributed by atoms with Gasteiger partial charge < -0.3 is 14.3 Å². The van der Waals surface area contributed by atoms with E-state index < -0.39 is 11.9 Å². The van der Waals surface area contributed by atoms with E-state index in [0.717, 1.165) is 0 Å². The number of rotatable bonds is 5. The number of carboxylic acid groups (broad SMARTS) is 1. The smallest absolute Gasteiger partial charge is 0.337 e. The van der Waals surface area contributed by atoms with Crippen molar-refractivity contribution in [1.29, 1.82) is 0 Å². The van der Waals surface area contributed by atoms with Gasteiger partial charge in [-0.2, -0.15) is 10.1 Å². The van der Waals surface area contributed by atoms with E-state index >= 15 is 0 Å². The van der Waals surface area contributed by atoms with Crippen LogP contribution in [0.5, 0.6) is 0 Å². The third-order valence-corrected chi connectivity index (χ3v) is 4.88. The molecule has 0 fully saturated rings. The van der Waals surface area contributed by atoms with Crippen molar-refractivity contribution in [3.05, 3.63) is 83.1 Å². The Morgan fingerprint density at radius 2 is 1.81 bits per heavy atom. The molecule has 0 saturated heterocycles. The first kappa shape index (κ1) is 20.8. The predicted octanol–water partition coefficient (Wildman–Crippen LogP) is 4.24. The van der Waals surface area contributed by atoms with Crippen LogP contribution >= 0.6 is 0 Å². The molecule has 1 aliphatic rings. The number of methoxy groups -OCH3 is 1. The number of carbonyl (C=O) groups is 3. The van der Waals surface area contributed by atoms with Gasteiger partial charge in [0.05, 0.1) is 35.2 Å². The van der Waals surface area contributed by atoms with Crippen molar-refractivity contribution in [2.45, 2.75) is 6.92 Å². The van der Waals surface area contributed by atoms with E-state index in [2.05, 4.69) is 5.10 Å². The van der Waals surface area contributed by atoms with Crippen LogP contribution in [-0.4, -0.2) is 35.8 Å². The topological polar surface area (TPSA) is 109 Å². The lowest BCUT2D eigenvalue weighted by molar-refractivity contribution is -0.114. The summed E-state index contributed by atoms with van der Waals surface area (Å²) in [7, 11) is 1.29. The lowest BCUT2D eigenvalue weighted by atomic mass is 10.1. The first-order chi connectivity index (χ1) is 15.4. The molecular formula is C24H18N2O6. The Morgan fingerprint density at radius 3 is 2.56 bits per heavy atom. The molecule has 160 valence electrons. The second kappa shape index (κ2) is 8.35. The molecule has 0 radical (unpaired) electrons. The van der Waals surface area contributed by atoms with Crippen LogP contribution < -0.4 is 5.01 Å². The zero-order valence-electron chi connectivity index (χ0n) is 17.2. The summed E-state index contributed by atoms with van der Waals surface area (Å²) in [6, 6.07) is 16.2. The molecule has 32 heavy (non-hydrogen) atoms. The highest BCUT2D eigenvalue weighted by Crippen LogP contribution is 2.28. The number of hydrazone groups is 1. The zero-order valence-corrected chi connectivity index (χ0v) is 17.2. The molecule has 2 aromatic carbocycles. The molecule has 8 heteroatoms. The maximum atomic E-state index is 13.0. The summed E-state index contributed by atoms with van der Waals surface area (Å²) in [6.45, 7) is 1.70. The number of hydrogen-bond acceptors (Lipinski definition) is 6. The summed E-state index contributed by atoms with van der Waals surface area (Å²) in [5, 5.41) is 14.7. The van der Waals surface area contributed by atoms with Gasteiger partial charge in [-0.3, -0.25) is 4.79 Å². The molecule has 0 bridgehead atoms. The van der Waals surface area contributed by atoms with E-state index in [1.807, 2.05) is 0 Å². The van der Waals surface area contributed by atoms with Crippen LogP contribution in [0.25, 0.3) is 17.4 Å². The largest absolute Gasteiger partial charge is 0.478 e. The number of ether oxygens (including phenoxy) is 1. The van der Waals surface area contributed by atoms with Gasteiger partial charge in [-0.15, -0.1) is 0 Å². The summed E-state index contributed by atoms with van der Waals surface area (Å²) < 4.78 is 10.5. The molecule has 0 atom stereocenters. The minimum atomic E-state index is -1.03. The number of anilines is 1. The van der Waals surface area contributed by atoms with Crippen molar-refractivity contribution in [3.8, 4) is 11.3 Å². The highest BCUT2D eigenvalue weighted by atomic mass is 16.5. The molecular weight excluding hydrogens is 412 g/mol. The van der Waals surface area contributed by atoms with Crippen molar-refractivity contribution in [2.75, 3.05) is 12.1 Å². The fourth-order valence-electron chi connectivity index (χ4n) is 3.28. The minimum Gasteiger partial charge on any atom is -0.478 e. The number of amides is 1. The van der Waals surface area contributed by atoms with E-state index in [1.165, 1.54) is 30.3 Å². The van der Waals surface area contributed by atoms with Gasteiger partial charge >= 0.3 is 11.9 Å². The zero-order chi connectivity index (χ0) is 22.8. The van der Waals surface area contributed by atoms with E-state index in [4.69, 9.17) is 14.3 Å². The van der Waals surface area contributed by atoms with Gasteiger partial charge in [0.15, 0.2) is 0 Å². The molecule has 1 amide bonds. The number of benzene rings is 2. The summed E-state index contributed by atoms with van der Waals surface area (Å²) in [5.41, 5.74) is 2.34. The van der Waals surface area contributed by atoms with Gasteiger partial charge in [-0.25, -0.2) is 9.59 Å². The number of nitrogens with zero attached hydrogens (tertiary/aromatic N) is 2. The number of carbonyl (C=O) groups excluding carboxylic acids is 2.